The van der Waals surface area contributed by atoms with Crippen molar-refractivity contribution in [3.05, 3.63) is 30.0 Å². The predicted molar refractivity (Wildman–Crippen MR) is 151 cm³/mol. The molecule has 3 aromatic rings. The zero-order valence-corrected chi connectivity index (χ0v) is 23.8. The number of benzene rings is 1. The molecule has 1 aromatic carbocycles. The number of sulfonamides is 1. The van der Waals surface area contributed by atoms with Gasteiger partial charge in [0.15, 0.2) is 0 Å². The fourth-order valence-electron chi connectivity index (χ4n) is 5.84. The first-order valence-electron chi connectivity index (χ1n) is 14.3. The van der Waals surface area contributed by atoms with E-state index in [4.69, 9.17) is 4.42 Å². The second-order valence-electron chi connectivity index (χ2n) is 12.0. The molecule has 13 heteroatoms. The minimum Gasteiger partial charge on any atom is -0.415 e. The molecule has 0 amide bonds. The Morgan fingerprint density at radius 1 is 0.902 bits per heavy atom. The van der Waals surface area contributed by atoms with Crippen LogP contribution in [0.5, 0.6) is 0 Å². The van der Waals surface area contributed by atoms with Crippen molar-refractivity contribution in [2.45, 2.75) is 69.5 Å². The van der Waals surface area contributed by atoms with Crippen LogP contribution in [0.1, 0.15) is 57.1 Å². The van der Waals surface area contributed by atoms with E-state index in [1.807, 2.05) is 19.1 Å². The van der Waals surface area contributed by atoms with Crippen molar-refractivity contribution < 1.29 is 21.6 Å². The van der Waals surface area contributed by atoms with Gasteiger partial charge in [0.25, 0.3) is 11.8 Å². The lowest BCUT2D eigenvalue weighted by Crippen LogP contribution is -2.40. The van der Waals surface area contributed by atoms with Gasteiger partial charge in [-0.05, 0) is 75.1 Å². The van der Waals surface area contributed by atoms with Crippen LogP contribution in [0.15, 0.2) is 28.7 Å². The largest absolute Gasteiger partial charge is 0.415 e. The van der Waals surface area contributed by atoms with E-state index in [2.05, 4.69) is 29.8 Å². The summed E-state index contributed by atoms with van der Waals surface area (Å²) in [4.78, 5) is 13.1. The molecule has 0 radical (unpaired) electrons. The minimum absolute atomic E-state index is 0.169. The number of anilines is 3. The Balaban J connectivity index is 1.19. The third-order valence-corrected chi connectivity index (χ3v) is 10.7. The second-order valence-corrected chi connectivity index (χ2v) is 14.0. The molecule has 218 valence electrons. The molecule has 0 bridgehead atoms. The Kier molecular flexibility index (Phi) is 6.22. The summed E-state index contributed by atoms with van der Waals surface area (Å²) < 4.78 is 61.6. The third kappa shape index (κ3) is 5.47. The molecular weight excluding hydrogens is 552 g/mol. The number of rotatable bonds is 7. The summed E-state index contributed by atoms with van der Waals surface area (Å²) in [5, 5.41) is 8.29. The topological polar surface area (TPSA) is 117 Å². The van der Waals surface area contributed by atoms with Crippen LogP contribution < -0.4 is 14.5 Å². The van der Waals surface area contributed by atoms with Gasteiger partial charge in [-0.3, -0.25) is 4.72 Å². The van der Waals surface area contributed by atoms with Crippen molar-refractivity contribution in [3.8, 4) is 23.0 Å². The molecule has 10 nitrogen and oxygen atoms in total. The number of nitrogens with one attached hydrogen (secondary N) is 1. The van der Waals surface area contributed by atoms with Gasteiger partial charge < -0.3 is 14.2 Å². The quantitative estimate of drug-likeness (QED) is 0.408. The average molecular weight is 586 g/mol. The van der Waals surface area contributed by atoms with E-state index in [9.17, 15) is 17.2 Å². The summed E-state index contributed by atoms with van der Waals surface area (Å²) in [7, 11) is -3.41. The van der Waals surface area contributed by atoms with Gasteiger partial charge in [-0.15, -0.1) is 10.2 Å². The molecule has 7 rings (SSSR count). The van der Waals surface area contributed by atoms with Crippen LogP contribution >= 0.6 is 0 Å². The van der Waals surface area contributed by atoms with Crippen LogP contribution in [-0.2, 0) is 10.0 Å². The summed E-state index contributed by atoms with van der Waals surface area (Å²) in [6, 6.07) is 7.15. The number of aromatic nitrogens is 4. The molecule has 4 heterocycles. The van der Waals surface area contributed by atoms with Crippen LogP contribution in [0.2, 0.25) is 0 Å². The lowest BCUT2D eigenvalue weighted by Gasteiger charge is -2.35. The fourth-order valence-corrected chi connectivity index (χ4v) is 7.21. The highest BCUT2D eigenvalue weighted by atomic mass is 32.2. The van der Waals surface area contributed by atoms with Crippen molar-refractivity contribution in [1.29, 1.82) is 0 Å². The minimum atomic E-state index is -3.41. The molecule has 4 aliphatic rings. The normalized spacial score (nSPS) is 21.7. The Bertz CT molecular complexity index is 1570. The van der Waals surface area contributed by atoms with Crippen LogP contribution in [0, 0.1) is 12.3 Å². The Morgan fingerprint density at radius 2 is 1.59 bits per heavy atom. The van der Waals surface area contributed by atoms with Gasteiger partial charge in [-0.2, -0.15) is 0 Å². The Labute approximate surface area is 237 Å². The van der Waals surface area contributed by atoms with E-state index in [1.54, 1.807) is 17.0 Å². The van der Waals surface area contributed by atoms with Gasteiger partial charge in [0.1, 0.15) is 5.69 Å². The smallest absolute Gasteiger partial charge is 0.266 e. The highest BCUT2D eigenvalue weighted by molar-refractivity contribution is 7.93. The van der Waals surface area contributed by atoms with E-state index in [-0.39, 0.29) is 37.1 Å². The molecule has 1 N–H and O–H groups in total. The van der Waals surface area contributed by atoms with Crippen LogP contribution in [0.25, 0.3) is 23.0 Å². The number of aryl methyl sites for hydroxylation is 1. The van der Waals surface area contributed by atoms with Crippen molar-refractivity contribution in [2.24, 2.45) is 5.41 Å². The molecule has 0 unspecified atom stereocenters. The standard InChI is InChI=1S/C28H33F2N7O3S/c1-18-16-22(32-26(31-18)37-14-10-28(29,30)11-15-37)25-34-33-24(40-25)21-5-2-19(35-41(38,39)20-3-4-20)17-23(21)36-12-8-27(6-7-27)9-13-36/h2,5,16-17,20,35H,3-4,6-15H2,1H3. The van der Waals surface area contributed by atoms with Gasteiger partial charge in [-0.1, -0.05) is 0 Å². The number of piperidine rings is 2. The fraction of sp³-hybridized carbons (Fsp3) is 0.571. The number of nitrogens with zero attached hydrogens (tertiary/aromatic N) is 6. The maximum Gasteiger partial charge on any atom is 0.266 e. The van der Waals surface area contributed by atoms with Gasteiger partial charge >= 0.3 is 0 Å². The summed E-state index contributed by atoms with van der Waals surface area (Å²) in [5.74, 6) is -1.79. The van der Waals surface area contributed by atoms with E-state index in [0.29, 0.717) is 52.7 Å². The molecule has 0 atom stereocenters. The van der Waals surface area contributed by atoms with Crippen LogP contribution in [0.3, 0.4) is 0 Å². The van der Waals surface area contributed by atoms with Crippen LogP contribution in [0.4, 0.5) is 26.1 Å². The first-order valence-corrected chi connectivity index (χ1v) is 15.9. The molecule has 2 saturated heterocycles. The lowest BCUT2D eigenvalue weighted by molar-refractivity contribution is -0.0222. The first-order chi connectivity index (χ1) is 19.6. The van der Waals surface area contributed by atoms with Gasteiger partial charge in [0.2, 0.25) is 21.9 Å². The summed E-state index contributed by atoms with van der Waals surface area (Å²) in [6.07, 6.45) is 5.66. The van der Waals surface area contributed by atoms with E-state index >= 15 is 0 Å². The van der Waals surface area contributed by atoms with Crippen molar-refractivity contribution in [1.82, 2.24) is 20.2 Å². The molecule has 41 heavy (non-hydrogen) atoms. The number of halogens is 2. The zero-order chi connectivity index (χ0) is 28.4. The molecule has 1 spiro atoms. The zero-order valence-electron chi connectivity index (χ0n) is 22.9. The predicted octanol–water partition coefficient (Wildman–Crippen LogP) is 5.02. The number of alkyl halides is 2. The molecular formula is C28H33F2N7O3S. The highest BCUT2D eigenvalue weighted by Gasteiger charge is 2.45. The van der Waals surface area contributed by atoms with Crippen molar-refractivity contribution >= 4 is 27.3 Å². The lowest BCUT2D eigenvalue weighted by atomic mass is 9.93. The first kappa shape index (κ1) is 26.5. The van der Waals surface area contributed by atoms with Crippen molar-refractivity contribution in [3.63, 3.8) is 0 Å². The number of hydrogen-bond donors (Lipinski definition) is 1. The van der Waals surface area contributed by atoms with Gasteiger partial charge in [-0.25, -0.2) is 27.2 Å². The molecule has 2 aromatic heterocycles. The number of hydrogen-bond acceptors (Lipinski definition) is 9. The maximum atomic E-state index is 13.7. The van der Waals surface area contributed by atoms with Crippen molar-refractivity contribution in [2.75, 3.05) is 40.7 Å². The molecule has 2 aliphatic carbocycles. The second kappa shape index (κ2) is 9.60. The maximum absolute atomic E-state index is 13.7. The van der Waals surface area contributed by atoms with E-state index in [0.717, 1.165) is 31.6 Å². The van der Waals surface area contributed by atoms with E-state index < -0.39 is 15.9 Å². The molecule has 2 saturated carbocycles. The van der Waals surface area contributed by atoms with Gasteiger partial charge in [0, 0.05) is 44.7 Å². The SMILES string of the molecule is Cc1cc(-c2nnc(-c3ccc(NS(=O)(=O)C4CC4)cc3N3CCC4(CC3)CC4)o2)nc(N2CCC(F)(F)CC2)n1. The monoisotopic (exact) mass is 585 g/mol. The van der Waals surface area contributed by atoms with Gasteiger partial charge in [0.05, 0.1) is 22.2 Å². The molecule has 2 aliphatic heterocycles. The summed E-state index contributed by atoms with van der Waals surface area (Å²) >= 11 is 0. The third-order valence-electron chi connectivity index (χ3n) is 8.84. The summed E-state index contributed by atoms with van der Waals surface area (Å²) in [6.45, 7) is 3.89. The van der Waals surface area contributed by atoms with Crippen LogP contribution in [-0.4, -0.2) is 65.9 Å². The average Bonchev–Trinajstić information content (AvgIpc) is 3.87. The van der Waals surface area contributed by atoms with E-state index in [1.165, 1.54) is 12.8 Å². The Morgan fingerprint density at radius 3 is 2.27 bits per heavy atom. The molecule has 4 fully saturated rings. The highest BCUT2D eigenvalue weighted by Crippen LogP contribution is 2.54. The summed E-state index contributed by atoms with van der Waals surface area (Å²) in [5.41, 5.74) is 3.65. The Hall–Kier alpha value is -3.35.